The van der Waals surface area contributed by atoms with Crippen molar-refractivity contribution in [3.05, 3.63) is 30.1 Å². The van der Waals surface area contributed by atoms with Crippen LogP contribution in [0, 0.1) is 5.82 Å². The molecule has 23 heavy (non-hydrogen) atoms. The molecule has 0 unspecified atom stereocenters. The number of carbonyl (C=O) groups excluding carboxylic acids is 1. The van der Waals surface area contributed by atoms with Gasteiger partial charge in [0.2, 0.25) is 5.91 Å². The third kappa shape index (κ3) is 3.58. The van der Waals surface area contributed by atoms with E-state index in [1.807, 2.05) is 0 Å². The highest BCUT2D eigenvalue weighted by Gasteiger charge is 2.36. The quantitative estimate of drug-likeness (QED) is 0.835. The van der Waals surface area contributed by atoms with Crippen LogP contribution in [0.25, 0.3) is 0 Å². The molecule has 2 aliphatic rings. The first-order valence-corrected chi connectivity index (χ1v) is 9.95. The summed E-state index contributed by atoms with van der Waals surface area (Å²) in [6, 6.07) is 4.56. The van der Waals surface area contributed by atoms with Crippen LogP contribution in [0.5, 0.6) is 0 Å². The molecule has 0 bridgehead atoms. The second kappa shape index (κ2) is 6.60. The van der Waals surface area contributed by atoms with E-state index >= 15 is 0 Å². The molecule has 0 N–H and O–H groups in total. The van der Waals surface area contributed by atoms with E-state index in [1.165, 1.54) is 12.1 Å². The molecule has 0 radical (unpaired) electrons. The number of hydrogen-bond acceptors (Lipinski definition) is 4. The van der Waals surface area contributed by atoms with E-state index in [1.54, 1.807) is 4.90 Å². The maximum absolute atomic E-state index is 12.9. The molecule has 2 fully saturated rings. The average Bonchev–Trinajstić information content (AvgIpc) is 2.88. The monoisotopic (exact) mass is 356 g/mol. The number of thioether (sulfide) groups is 1. The molecule has 1 aromatic rings. The van der Waals surface area contributed by atoms with Crippen LogP contribution in [0.3, 0.4) is 0 Å². The summed E-state index contributed by atoms with van der Waals surface area (Å²) >= 11 is 1.15. The second-order valence-electron chi connectivity index (χ2n) is 5.65. The van der Waals surface area contributed by atoms with Gasteiger partial charge in [-0.15, -0.1) is 4.40 Å². The van der Waals surface area contributed by atoms with Crippen molar-refractivity contribution in [3.8, 4) is 0 Å². The maximum atomic E-state index is 12.9. The van der Waals surface area contributed by atoms with Crippen molar-refractivity contribution in [2.75, 3.05) is 5.75 Å². The van der Waals surface area contributed by atoms with Crippen LogP contribution >= 0.6 is 11.8 Å². The molecule has 0 aromatic heterocycles. The van der Waals surface area contributed by atoms with E-state index in [2.05, 4.69) is 4.40 Å². The van der Waals surface area contributed by atoms with E-state index in [0.29, 0.717) is 0 Å². The molecule has 5 nitrogen and oxygen atoms in total. The summed E-state index contributed by atoms with van der Waals surface area (Å²) in [7, 11) is -3.95. The molecule has 0 atom stereocenters. The van der Waals surface area contributed by atoms with Gasteiger partial charge < -0.3 is 0 Å². The van der Waals surface area contributed by atoms with Gasteiger partial charge in [-0.25, -0.2) is 4.39 Å². The number of halogens is 1. The Hall–Kier alpha value is -1.41. The normalized spacial score (nSPS) is 22.0. The molecule has 0 spiro atoms. The lowest BCUT2D eigenvalue weighted by Gasteiger charge is -2.30. The van der Waals surface area contributed by atoms with E-state index in [-0.39, 0.29) is 27.8 Å². The minimum atomic E-state index is -3.95. The third-order valence-electron chi connectivity index (χ3n) is 4.05. The van der Waals surface area contributed by atoms with Gasteiger partial charge in [0.1, 0.15) is 5.82 Å². The molecule has 1 aliphatic heterocycles. The van der Waals surface area contributed by atoms with Crippen LogP contribution in [0.1, 0.15) is 32.1 Å². The molecule has 1 heterocycles. The molecule has 1 amide bonds. The predicted octanol–water partition coefficient (Wildman–Crippen LogP) is 2.78. The van der Waals surface area contributed by atoms with Gasteiger partial charge in [0.15, 0.2) is 5.17 Å². The van der Waals surface area contributed by atoms with Crippen molar-refractivity contribution >= 4 is 32.9 Å². The number of amides is 1. The van der Waals surface area contributed by atoms with Crippen molar-refractivity contribution in [1.82, 2.24) is 4.90 Å². The van der Waals surface area contributed by atoms with Crippen LogP contribution in [0.4, 0.5) is 4.39 Å². The smallest absolute Gasteiger partial charge is 0.284 e. The first kappa shape index (κ1) is 16.4. The highest BCUT2D eigenvalue weighted by atomic mass is 32.2. The summed E-state index contributed by atoms with van der Waals surface area (Å²) in [5.41, 5.74) is 0. The van der Waals surface area contributed by atoms with E-state index in [4.69, 9.17) is 0 Å². The lowest BCUT2D eigenvalue weighted by atomic mass is 9.94. The third-order valence-corrected chi connectivity index (χ3v) is 6.38. The van der Waals surface area contributed by atoms with Gasteiger partial charge in [-0.3, -0.25) is 9.69 Å². The zero-order valence-corrected chi connectivity index (χ0v) is 14.1. The van der Waals surface area contributed by atoms with Crippen molar-refractivity contribution in [1.29, 1.82) is 0 Å². The standard InChI is InChI=1S/C15H17FN2O3S2/c16-11-6-8-13(9-7-11)23(20,21)17-15-18(14(19)10-22-15)12-4-2-1-3-5-12/h6-9,12H,1-5,10H2. The Labute approximate surface area is 139 Å². The number of carbonyl (C=O) groups is 1. The summed E-state index contributed by atoms with van der Waals surface area (Å²) in [5, 5.41) is 0.242. The molecular formula is C15H17FN2O3S2. The fraction of sp³-hybridized carbons (Fsp3) is 0.467. The molecule has 8 heteroatoms. The Morgan fingerprint density at radius 2 is 1.78 bits per heavy atom. The first-order chi connectivity index (χ1) is 11.0. The predicted molar refractivity (Wildman–Crippen MR) is 87.2 cm³/mol. The van der Waals surface area contributed by atoms with Crippen molar-refractivity contribution in [2.24, 2.45) is 4.40 Å². The van der Waals surface area contributed by atoms with Crippen LogP contribution in [-0.2, 0) is 14.8 Å². The van der Waals surface area contributed by atoms with Gasteiger partial charge in [0, 0.05) is 6.04 Å². The maximum Gasteiger partial charge on any atom is 0.284 e. The van der Waals surface area contributed by atoms with E-state index in [0.717, 1.165) is 56.0 Å². The number of benzene rings is 1. The second-order valence-corrected chi connectivity index (χ2v) is 8.19. The SMILES string of the molecule is O=C1CSC(=NS(=O)(=O)c2ccc(F)cc2)N1C1CCCCC1. The van der Waals surface area contributed by atoms with Crippen molar-refractivity contribution in [2.45, 2.75) is 43.0 Å². The van der Waals surface area contributed by atoms with Crippen molar-refractivity contribution < 1.29 is 17.6 Å². The van der Waals surface area contributed by atoms with Gasteiger partial charge in [-0.2, -0.15) is 8.42 Å². The van der Waals surface area contributed by atoms with Gasteiger partial charge in [-0.1, -0.05) is 31.0 Å². The molecule has 1 saturated heterocycles. The fourth-order valence-electron chi connectivity index (χ4n) is 2.90. The number of sulfonamides is 1. The van der Waals surface area contributed by atoms with Crippen LogP contribution < -0.4 is 0 Å². The lowest BCUT2D eigenvalue weighted by Crippen LogP contribution is -2.41. The minimum Gasteiger partial charge on any atom is -0.287 e. The fourth-order valence-corrected chi connectivity index (χ4v) is 5.07. The van der Waals surface area contributed by atoms with Crippen LogP contribution in [0.2, 0.25) is 0 Å². The Bertz CT molecular complexity index is 726. The Kier molecular flexibility index (Phi) is 4.72. The molecular weight excluding hydrogens is 339 g/mol. The Morgan fingerprint density at radius 3 is 2.43 bits per heavy atom. The zero-order valence-electron chi connectivity index (χ0n) is 12.4. The lowest BCUT2D eigenvalue weighted by molar-refractivity contribution is -0.126. The van der Waals surface area contributed by atoms with Gasteiger partial charge >= 0.3 is 0 Å². The minimum absolute atomic E-state index is 0.0356. The average molecular weight is 356 g/mol. The molecule has 1 aromatic carbocycles. The summed E-state index contributed by atoms with van der Waals surface area (Å²) in [5.74, 6) is -0.380. The summed E-state index contributed by atoms with van der Waals surface area (Å²) in [4.78, 5) is 13.6. The molecule has 1 saturated carbocycles. The number of hydrogen-bond donors (Lipinski definition) is 0. The zero-order chi connectivity index (χ0) is 16.4. The van der Waals surface area contributed by atoms with Gasteiger partial charge in [0.05, 0.1) is 10.6 Å². The topological polar surface area (TPSA) is 66.8 Å². The summed E-state index contributed by atoms with van der Waals surface area (Å²) < 4.78 is 41.5. The Morgan fingerprint density at radius 1 is 1.13 bits per heavy atom. The van der Waals surface area contributed by atoms with Crippen molar-refractivity contribution in [3.63, 3.8) is 0 Å². The van der Waals surface area contributed by atoms with Crippen LogP contribution in [0.15, 0.2) is 33.6 Å². The Balaban J connectivity index is 1.90. The first-order valence-electron chi connectivity index (χ1n) is 7.53. The van der Waals surface area contributed by atoms with E-state index in [9.17, 15) is 17.6 Å². The summed E-state index contributed by atoms with van der Waals surface area (Å²) in [6.45, 7) is 0. The van der Waals surface area contributed by atoms with Crippen LogP contribution in [-0.4, -0.2) is 36.2 Å². The molecule has 1 aliphatic carbocycles. The number of amidine groups is 1. The molecule has 3 rings (SSSR count). The number of rotatable bonds is 3. The van der Waals surface area contributed by atoms with Gasteiger partial charge in [-0.05, 0) is 37.1 Å². The summed E-state index contributed by atoms with van der Waals surface area (Å²) in [6.07, 6.45) is 4.98. The van der Waals surface area contributed by atoms with E-state index < -0.39 is 15.8 Å². The highest BCUT2D eigenvalue weighted by Crippen LogP contribution is 2.31. The largest absolute Gasteiger partial charge is 0.287 e. The highest BCUT2D eigenvalue weighted by molar-refractivity contribution is 8.15. The molecule has 124 valence electrons. The van der Waals surface area contributed by atoms with Gasteiger partial charge in [0.25, 0.3) is 10.0 Å². The number of nitrogens with zero attached hydrogens (tertiary/aromatic N) is 2.